The van der Waals surface area contributed by atoms with Gasteiger partial charge in [0, 0.05) is 24.2 Å². The van der Waals surface area contributed by atoms with Crippen LogP contribution >= 0.6 is 11.3 Å². The Morgan fingerprint density at radius 1 is 1.53 bits per heavy atom. The van der Waals surface area contributed by atoms with E-state index in [9.17, 15) is 4.79 Å². The molecule has 0 fully saturated rings. The molecule has 2 heterocycles. The number of carbonyl (C=O) groups is 1. The van der Waals surface area contributed by atoms with Gasteiger partial charge >= 0.3 is 0 Å². The van der Waals surface area contributed by atoms with Crippen molar-refractivity contribution in [2.24, 2.45) is 5.73 Å². The summed E-state index contributed by atoms with van der Waals surface area (Å²) in [6.45, 7) is 4.88. The number of primary amides is 1. The van der Waals surface area contributed by atoms with Crippen molar-refractivity contribution in [2.75, 3.05) is 7.05 Å². The molecule has 1 aliphatic rings. The normalized spacial score (nSPS) is 15.5. The molecule has 0 bridgehead atoms. The molecule has 0 aliphatic carbocycles. The number of nitrogens with zero attached hydrogens (tertiary/aromatic N) is 1. The number of allylic oxidation sites excluding steroid dienone is 1. The largest absolute Gasteiger partial charge is 0.373 e. The maximum absolute atomic E-state index is 11.4. The van der Waals surface area contributed by atoms with E-state index in [1.54, 1.807) is 11.3 Å². The van der Waals surface area contributed by atoms with Crippen LogP contribution < -0.4 is 5.73 Å². The molecular formula is C11H14N2OS. The van der Waals surface area contributed by atoms with Crippen molar-refractivity contribution >= 4 is 22.8 Å². The third-order valence-corrected chi connectivity index (χ3v) is 4.06. The number of carbonyl (C=O) groups excluding carboxylic acids is 1. The molecule has 1 aliphatic heterocycles. The zero-order valence-corrected chi connectivity index (χ0v) is 9.94. The number of aryl methyl sites for hydroxylation is 1. The molecular weight excluding hydrogens is 208 g/mol. The van der Waals surface area contributed by atoms with Gasteiger partial charge in [0.15, 0.2) is 0 Å². The first-order chi connectivity index (χ1) is 7.02. The topological polar surface area (TPSA) is 46.3 Å². The maximum Gasteiger partial charge on any atom is 0.251 e. The summed E-state index contributed by atoms with van der Waals surface area (Å²) in [6, 6.07) is 0. The van der Waals surface area contributed by atoms with Crippen LogP contribution in [-0.4, -0.2) is 17.9 Å². The van der Waals surface area contributed by atoms with Crippen molar-refractivity contribution in [1.82, 2.24) is 4.90 Å². The molecule has 1 aromatic heterocycles. The Bertz CT molecular complexity index is 459. The smallest absolute Gasteiger partial charge is 0.251 e. The standard InChI is InChI=1S/C11H14N2OS/c1-6-5-15-10-8(6)4-13(3)7(2)9(10)11(12)14/h5H,4H2,1-3H3,(H2,12,14). The van der Waals surface area contributed by atoms with Crippen molar-refractivity contribution < 1.29 is 4.79 Å². The highest BCUT2D eigenvalue weighted by Crippen LogP contribution is 2.36. The van der Waals surface area contributed by atoms with E-state index < -0.39 is 0 Å². The van der Waals surface area contributed by atoms with Gasteiger partial charge in [0.2, 0.25) is 0 Å². The van der Waals surface area contributed by atoms with E-state index in [1.807, 2.05) is 14.0 Å². The first kappa shape index (κ1) is 10.2. The van der Waals surface area contributed by atoms with Crippen molar-refractivity contribution in [2.45, 2.75) is 20.4 Å². The predicted molar refractivity (Wildman–Crippen MR) is 62.3 cm³/mol. The number of fused-ring (bicyclic) bond motifs is 1. The Hall–Kier alpha value is -1.29. The van der Waals surface area contributed by atoms with Crippen LogP contribution in [0.2, 0.25) is 0 Å². The van der Waals surface area contributed by atoms with Gasteiger partial charge in [0.1, 0.15) is 0 Å². The Morgan fingerprint density at radius 2 is 2.20 bits per heavy atom. The van der Waals surface area contributed by atoms with Crippen molar-refractivity contribution in [3.05, 3.63) is 27.1 Å². The summed E-state index contributed by atoms with van der Waals surface area (Å²) in [4.78, 5) is 14.5. The highest BCUT2D eigenvalue weighted by atomic mass is 32.1. The van der Waals surface area contributed by atoms with Crippen LogP contribution in [0.5, 0.6) is 0 Å². The minimum Gasteiger partial charge on any atom is -0.373 e. The fourth-order valence-corrected chi connectivity index (χ4v) is 3.05. The van der Waals surface area contributed by atoms with Crippen LogP contribution in [0.3, 0.4) is 0 Å². The second kappa shape index (κ2) is 3.38. The fraction of sp³-hybridized carbons (Fsp3) is 0.364. The van der Waals surface area contributed by atoms with E-state index in [1.165, 1.54) is 11.1 Å². The molecule has 2 rings (SSSR count). The van der Waals surface area contributed by atoms with Gasteiger partial charge in [-0.15, -0.1) is 11.3 Å². The first-order valence-corrected chi connectivity index (χ1v) is 5.69. The van der Waals surface area contributed by atoms with Gasteiger partial charge in [-0.05, 0) is 30.4 Å². The Labute approximate surface area is 93.2 Å². The molecule has 0 unspecified atom stereocenters. The lowest BCUT2D eigenvalue weighted by Crippen LogP contribution is -2.26. The molecule has 3 nitrogen and oxygen atoms in total. The third-order valence-electron chi connectivity index (χ3n) is 2.91. The summed E-state index contributed by atoms with van der Waals surface area (Å²) in [5, 5.41) is 2.08. The van der Waals surface area contributed by atoms with E-state index >= 15 is 0 Å². The zero-order chi connectivity index (χ0) is 11.2. The van der Waals surface area contributed by atoms with Crippen molar-refractivity contribution in [1.29, 1.82) is 0 Å². The number of amides is 1. The van der Waals surface area contributed by atoms with E-state index in [4.69, 9.17) is 5.73 Å². The maximum atomic E-state index is 11.4. The molecule has 1 aromatic rings. The molecule has 0 spiro atoms. The minimum atomic E-state index is -0.331. The molecule has 15 heavy (non-hydrogen) atoms. The van der Waals surface area contributed by atoms with Crippen molar-refractivity contribution in [3.8, 4) is 0 Å². The van der Waals surface area contributed by atoms with Crippen LogP contribution in [0.1, 0.15) is 22.9 Å². The minimum absolute atomic E-state index is 0.331. The van der Waals surface area contributed by atoms with Gasteiger partial charge in [-0.1, -0.05) is 0 Å². The van der Waals surface area contributed by atoms with Gasteiger partial charge in [0.05, 0.1) is 5.57 Å². The molecule has 0 aromatic carbocycles. The molecule has 4 heteroatoms. The summed E-state index contributed by atoms with van der Waals surface area (Å²) in [5.74, 6) is -0.331. The van der Waals surface area contributed by atoms with Gasteiger partial charge < -0.3 is 10.6 Å². The monoisotopic (exact) mass is 222 g/mol. The van der Waals surface area contributed by atoms with Crippen LogP contribution in [0, 0.1) is 6.92 Å². The fourth-order valence-electron chi connectivity index (χ4n) is 1.88. The second-order valence-corrected chi connectivity index (χ2v) is 4.79. The van der Waals surface area contributed by atoms with E-state index in [0.29, 0.717) is 5.57 Å². The number of hydrogen-bond donors (Lipinski definition) is 1. The molecule has 80 valence electrons. The van der Waals surface area contributed by atoms with Crippen LogP contribution in [0.25, 0.3) is 5.57 Å². The number of rotatable bonds is 1. The number of thiophene rings is 1. The van der Waals surface area contributed by atoms with Gasteiger partial charge in [0.25, 0.3) is 5.91 Å². The molecule has 0 radical (unpaired) electrons. The van der Waals surface area contributed by atoms with Gasteiger partial charge in [-0.2, -0.15) is 0 Å². The van der Waals surface area contributed by atoms with Crippen LogP contribution in [-0.2, 0) is 11.3 Å². The summed E-state index contributed by atoms with van der Waals surface area (Å²) in [6.07, 6.45) is 0. The first-order valence-electron chi connectivity index (χ1n) is 4.81. The predicted octanol–water partition coefficient (Wildman–Crippen LogP) is 1.72. The number of hydrogen-bond acceptors (Lipinski definition) is 3. The lowest BCUT2D eigenvalue weighted by Gasteiger charge is -2.27. The molecule has 0 atom stereocenters. The molecule has 0 saturated heterocycles. The Morgan fingerprint density at radius 3 is 2.80 bits per heavy atom. The lowest BCUT2D eigenvalue weighted by atomic mass is 10.00. The van der Waals surface area contributed by atoms with Crippen molar-refractivity contribution in [3.63, 3.8) is 0 Å². The molecule has 2 N–H and O–H groups in total. The molecule has 0 saturated carbocycles. The quantitative estimate of drug-likeness (QED) is 0.786. The summed E-state index contributed by atoms with van der Waals surface area (Å²) < 4.78 is 0. The van der Waals surface area contributed by atoms with E-state index in [2.05, 4.69) is 17.2 Å². The lowest BCUT2D eigenvalue weighted by molar-refractivity contribution is -0.112. The highest BCUT2D eigenvalue weighted by molar-refractivity contribution is 7.12. The summed E-state index contributed by atoms with van der Waals surface area (Å²) in [5.41, 5.74) is 9.56. The van der Waals surface area contributed by atoms with Gasteiger partial charge in [-0.3, -0.25) is 4.79 Å². The average Bonchev–Trinajstić information content (AvgIpc) is 2.49. The van der Waals surface area contributed by atoms with Gasteiger partial charge in [-0.25, -0.2) is 0 Å². The Kier molecular flexibility index (Phi) is 2.31. The third kappa shape index (κ3) is 1.45. The number of nitrogens with two attached hydrogens (primary N) is 1. The second-order valence-electron chi connectivity index (χ2n) is 3.91. The van der Waals surface area contributed by atoms with E-state index in [0.717, 1.165) is 17.1 Å². The molecule has 1 amide bonds. The van der Waals surface area contributed by atoms with Crippen LogP contribution in [0.4, 0.5) is 0 Å². The summed E-state index contributed by atoms with van der Waals surface area (Å²) >= 11 is 1.61. The SMILES string of the molecule is CC1=C(C(N)=O)c2scc(C)c2CN1C. The Balaban J connectivity index is 2.66. The highest BCUT2D eigenvalue weighted by Gasteiger charge is 2.25. The summed E-state index contributed by atoms with van der Waals surface area (Å²) in [7, 11) is 1.98. The zero-order valence-electron chi connectivity index (χ0n) is 9.13. The van der Waals surface area contributed by atoms with Crippen LogP contribution in [0.15, 0.2) is 11.1 Å². The average molecular weight is 222 g/mol. The van der Waals surface area contributed by atoms with E-state index in [-0.39, 0.29) is 5.91 Å².